The molecule has 0 bridgehead atoms. The normalized spacial score (nSPS) is 15.4. The summed E-state index contributed by atoms with van der Waals surface area (Å²) in [4.78, 5) is 18.3. The van der Waals surface area contributed by atoms with Gasteiger partial charge in [0.15, 0.2) is 5.69 Å². The fourth-order valence-corrected chi connectivity index (χ4v) is 2.28. The maximum atomic E-state index is 12.4. The summed E-state index contributed by atoms with van der Waals surface area (Å²) in [7, 11) is 0. The third-order valence-corrected chi connectivity index (χ3v) is 3.26. The van der Waals surface area contributed by atoms with Gasteiger partial charge in [-0.3, -0.25) is 4.79 Å². The Labute approximate surface area is 111 Å². The standard InChI is InChI=1S/C14H15N3O2/c1-9(15)13-16-11(8-19-13)14(18)17-7-6-10-4-2-3-5-12(10)17/h2-5,8-9H,6-7,15H2,1H3. The third-order valence-electron chi connectivity index (χ3n) is 3.26. The highest BCUT2D eigenvalue weighted by molar-refractivity contribution is 6.05. The Bertz CT molecular complexity index is 619. The molecule has 98 valence electrons. The second-order valence-electron chi connectivity index (χ2n) is 4.70. The van der Waals surface area contributed by atoms with Crippen LogP contribution in [0.25, 0.3) is 0 Å². The molecule has 1 atom stereocenters. The first-order valence-electron chi connectivity index (χ1n) is 6.27. The molecule has 0 radical (unpaired) electrons. The van der Waals surface area contributed by atoms with E-state index in [1.165, 1.54) is 11.8 Å². The van der Waals surface area contributed by atoms with Gasteiger partial charge in [-0.25, -0.2) is 4.98 Å². The van der Waals surface area contributed by atoms with Crippen molar-refractivity contribution in [2.75, 3.05) is 11.4 Å². The Morgan fingerprint density at radius 1 is 1.47 bits per heavy atom. The maximum absolute atomic E-state index is 12.4. The van der Waals surface area contributed by atoms with Crippen LogP contribution in [0.5, 0.6) is 0 Å². The number of rotatable bonds is 2. The van der Waals surface area contributed by atoms with E-state index in [1.807, 2.05) is 24.3 Å². The topological polar surface area (TPSA) is 72.4 Å². The number of carbonyl (C=O) groups excluding carboxylic acids is 1. The van der Waals surface area contributed by atoms with Crippen LogP contribution in [0.15, 0.2) is 34.9 Å². The Kier molecular flexibility index (Phi) is 2.83. The van der Waals surface area contributed by atoms with E-state index in [0.717, 1.165) is 12.1 Å². The van der Waals surface area contributed by atoms with Crippen molar-refractivity contribution in [2.45, 2.75) is 19.4 Å². The lowest BCUT2D eigenvalue weighted by molar-refractivity contribution is 0.0984. The van der Waals surface area contributed by atoms with Gasteiger partial charge < -0.3 is 15.1 Å². The molecule has 1 aliphatic heterocycles. The van der Waals surface area contributed by atoms with Gasteiger partial charge in [-0.15, -0.1) is 0 Å². The second kappa shape index (κ2) is 4.51. The van der Waals surface area contributed by atoms with Gasteiger partial charge in [0.05, 0.1) is 6.04 Å². The minimum absolute atomic E-state index is 0.138. The molecule has 1 aromatic carbocycles. The van der Waals surface area contributed by atoms with Crippen molar-refractivity contribution in [2.24, 2.45) is 5.73 Å². The molecule has 0 saturated heterocycles. The largest absolute Gasteiger partial charge is 0.446 e. The molecule has 2 heterocycles. The molecule has 1 unspecified atom stereocenters. The zero-order valence-corrected chi connectivity index (χ0v) is 10.7. The number of oxazole rings is 1. The molecular weight excluding hydrogens is 242 g/mol. The number of hydrogen-bond donors (Lipinski definition) is 1. The minimum Gasteiger partial charge on any atom is -0.446 e. The Morgan fingerprint density at radius 2 is 2.26 bits per heavy atom. The van der Waals surface area contributed by atoms with Crippen LogP contribution < -0.4 is 10.6 Å². The summed E-state index contributed by atoms with van der Waals surface area (Å²) in [6, 6.07) is 7.59. The van der Waals surface area contributed by atoms with E-state index in [9.17, 15) is 4.79 Å². The van der Waals surface area contributed by atoms with Crippen LogP contribution in [0.3, 0.4) is 0 Å². The predicted molar refractivity (Wildman–Crippen MR) is 70.9 cm³/mol. The number of nitrogens with two attached hydrogens (primary N) is 1. The summed E-state index contributed by atoms with van der Waals surface area (Å²) in [5.41, 5.74) is 8.13. The van der Waals surface area contributed by atoms with Crippen LogP contribution >= 0.6 is 0 Å². The molecule has 1 aromatic heterocycles. The number of amides is 1. The molecule has 0 fully saturated rings. The van der Waals surface area contributed by atoms with Crippen LogP contribution in [0.4, 0.5) is 5.69 Å². The van der Waals surface area contributed by atoms with E-state index in [0.29, 0.717) is 18.1 Å². The minimum atomic E-state index is -0.313. The Hall–Kier alpha value is -2.14. The number of hydrogen-bond acceptors (Lipinski definition) is 4. The van der Waals surface area contributed by atoms with E-state index in [1.54, 1.807) is 11.8 Å². The number of anilines is 1. The van der Waals surface area contributed by atoms with E-state index < -0.39 is 0 Å². The first kappa shape index (κ1) is 11.9. The van der Waals surface area contributed by atoms with E-state index >= 15 is 0 Å². The van der Waals surface area contributed by atoms with Gasteiger partial charge in [0.2, 0.25) is 5.89 Å². The van der Waals surface area contributed by atoms with Crippen molar-refractivity contribution in [3.63, 3.8) is 0 Å². The first-order chi connectivity index (χ1) is 9.16. The van der Waals surface area contributed by atoms with Crippen molar-refractivity contribution in [3.05, 3.63) is 47.7 Å². The molecular formula is C14H15N3O2. The highest BCUT2D eigenvalue weighted by Gasteiger charge is 2.27. The molecule has 0 saturated carbocycles. The van der Waals surface area contributed by atoms with Gasteiger partial charge in [0, 0.05) is 12.2 Å². The van der Waals surface area contributed by atoms with E-state index in [4.69, 9.17) is 10.2 Å². The Balaban J connectivity index is 1.89. The Morgan fingerprint density at radius 3 is 3.00 bits per heavy atom. The number of fused-ring (bicyclic) bond motifs is 1. The molecule has 0 spiro atoms. The monoisotopic (exact) mass is 257 g/mol. The summed E-state index contributed by atoms with van der Waals surface area (Å²) in [6.45, 7) is 2.45. The van der Waals surface area contributed by atoms with E-state index in [2.05, 4.69) is 4.98 Å². The molecule has 5 nitrogen and oxygen atoms in total. The summed E-state index contributed by atoms with van der Waals surface area (Å²) in [5, 5.41) is 0. The van der Waals surface area contributed by atoms with E-state index in [-0.39, 0.29) is 11.9 Å². The molecule has 5 heteroatoms. The number of aromatic nitrogens is 1. The van der Waals surface area contributed by atoms with Crippen LogP contribution in [0.1, 0.15) is 34.9 Å². The highest BCUT2D eigenvalue weighted by atomic mass is 16.3. The third kappa shape index (κ3) is 2.02. The second-order valence-corrected chi connectivity index (χ2v) is 4.70. The average molecular weight is 257 g/mol. The summed E-state index contributed by atoms with van der Waals surface area (Å²) in [5.74, 6) is 0.247. The van der Waals surface area contributed by atoms with Gasteiger partial charge in [0.1, 0.15) is 6.26 Å². The quantitative estimate of drug-likeness (QED) is 0.891. The molecule has 1 amide bonds. The highest BCUT2D eigenvalue weighted by Crippen LogP contribution is 2.28. The molecule has 0 aliphatic carbocycles. The smallest absolute Gasteiger partial charge is 0.280 e. The number of benzene rings is 1. The van der Waals surface area contributed by atoms with Gasteiger partial charge in [-0.1, -0.05) is 18.2 Å². The fourth-order valence-electron chi connectivity index (χ4n) is 2.28. The summed E-state index contributed by atoms with van der Waals surface area (Å²) in [6.07, 6.45) is 2.25. The molecule has 2 N–H and O–H groups in total. The van der Waals surface area contributed by atoms with Gasteiger partial charge in [-0.2, -0.15) is 0 Å². The molecule has 2 aromatic rings. The van der Waals surface area contributed by atoms with Crippen molar-refractivity contribution in [1.82, 2.24) is 4.98 Å². The fraction of sp³-hybridized carbons (Fsp3) is 0.286. The maximum Gasteiger partial charge on any atom is 0.280 e. The zero-order valence-electron chi connectivity index (χ0n) is 10.7. The molecule has 1 aliphatic rings. The van der Waals surface area contributed by atoms with Crippen molar-refractivity contribution in [1.29, 1.82) is 0 Å². The summed E-state index contributed by atoms with van der Waals surface area (Å²) < 4.78 is 5.21. The number of nitrogens with zero attached hydrogens (tertiary/aromatic N) is 2. The number of para-hydroxylation sites is 1. The lowest BCUT2D eigenvalue weighted by Gasteiger charge is -2.15. The average Bonchev–Trinajstić information content (AvgIpc) is 3.05. The lowest BCUT2D eigenvalue weighted by atomic mass is 10.2. The molecule has 19 heavy (non-hydrogen) atoms. The first-order valence-corrected chi connectivity index (χ1v) is 6.27. The SMILES string of the molecule is CC(N)c1nc(C(=O)N2CCc3ccccc32)co1. The van der Waals surface area contributed by atoms with Crippen molar-refractivity contribution < 1.29 is 9.21 Å². The van der Waals surface area contributed by atoms with Crippen LogP contribution in [0, 0.1) is 0 Å². The zero-order chi connectivity index (χ0) is 13.4. The van der Waals surface area contributed by atoms with Gasteiger partial charge in [-0.05, 0) is 25.0 Å². The van der Waals surface area contributed by atoms with Crippen molar-refractivity contribution >= 4 is 11.6 Å². The lowest BCUT2D eigenvalue weighted by Crippen LogP contribution is -2.29. The number of carbonyl (C=O) groups is 1. The van der Waals surface area contributed by atoms with Crippen LogP contribution in [-0.4, -0.2) is 17.4 Å². The van der Waals surface area contributed by atoms with Crippen LogP contribution in [-0.2, 0) is 6.42 Å². The van der Waals surface area contributed by atoms with Crippen molar-refractivity contribution in [3.8, 4) is 0 Å². The van der Waals surface area contributed by atoms with Gasteiger partial charge >= 0.3 is 0 Å². The van der Waals surface area contributed by atoms with Crippen LogP contribution in [0.2, 0.25) is 0 Å². The summed E-state index contributed by atoms with van der Waals surface area (Å²) >= 11 is 0. The van der Waals surface area contributed by atoms with Gasteiger partial charge in [0.25, 0.3) is 5.91 Å². The molecule has 3 rings (SSSR count). The predicted octanol–water partition coefficient (Wildman–Crippen LogP) is 1.90.